The number of methoxy groups -OCH3 is 1. The maximum atomic E-state index is 13.0. The van der Waals surface area contributed by atoms with Crippen LogP contribution in [0.15, 0.2) is 48.5 Å². The van der Waals surface area contributed by atoms with E-state index in [1.54, 1.807) is 53.3 Å². The van der Waals surface area contributed by atoms with E-state index in [-0.39, 0.29) is 23.6 Å². The highest BCUT2D eigenvalue weighted by atomic mass is 16.5. The van der Waals surface area contributed by atoms with Crippen molar-refractivity contribution >= 4 is 23.4 Å². The lowest BCUT2D eigenvalue weighted by molar-refractivity contribution is -0.117. The third-order valence-electron chi connectivity index (χ3n) is 6.25. The number of hydrogen-bond acceptors (Lipinski definition) is 4. The summed E-state index contributed by atoms with van der Waals surface area (Å²) in [6.07, 6.45) is 1.65. The highest BCUT2D eigenvalue weighted by Crippen LogP contribution is 2.38. The van der Waals surface area contributed by atoms with Crippen LogP contribution < -0.4 is 10.1 Å². The van der Waals surface area contributed by atoms with Crippen molar-refractivity contribution in [1.29, 1.82) is 0 Å². The Morgan fingerprint density at radius 3 is 2.16 bits per heavy atom. The van der Waals surface area contributed by atoms with Crippen LogP contribution in [0.4, 0.5) is 5.69 Å². The van der Waals surface area contributed by atoms with E-state index >= 15 is 0 Å². The number of carbonyl (C=O) groups is 3. The van der Waals surface area contributed by atoms with Gasteiger partial charge in [0.25, 0.3) is 11.8 Å². The first-order valence-corrected chi connectivity index (χ1v) is 11.1. The zero-order chi connectivity index (χ0) is 22.7. The summed E-state index contributed by atoms with van der Waals surface area (Å²) in [5.74, 6) is 1.01. The minimum absolute atomic E-state index is 0.0453. The summed E-state index contributed by atoms with van der Waals surface area (Å²) < 4.78 is 5.32. The predicted octanol–water partition coefficient (Wildman–Crippen LogP) is 3.28. The average Bonchev–Trinajstić information content (AvgIpc) is 3.60. The van der Waals surface area contributed by atoms with Gasteiger partial charge in [-0.25, -0.2) is 0 Å². The quantitative estimate of drug-likeness (QED) is 0.782. The minimum atomic E-state index is -0.0816. The van der Waals surface area contributed by atoms with E-state index < -0.39 is 0 Å². The van der Waals surface area contributed by atoms with Gasteiger partial charge in [-0.05, 0) is 55.2 Å². The smallest absolute Gasteiger partial charge is 0.257 e. The normalized spacial score (nSPS) is 20.3. The molecule has 168 valence electrons. The van der Waals surface area contributed by atoms with Crippen LogP contribution in [0.3, 0.4) is 0 Å². The van der Waals surface area contributed by atoms with Crippen LogP contribution in [-0.4, -0.2) is 60.8 Å². The first-order chi connectivity index (χ1) is 15.5. The van der Waals surface area contributed by atoms with Gasteiger partial charge in [0.15, 0.2) is 0 Å². The van der Waals surface area contributed by atoms with Crippen molar-refractivity contribution in [2.75, 3.05) is 38.6 Å². The third kappa shape index (κ3) is 4.77. The second-order valence-electron chi connectivity index (χ2n) is 8.52. The Bertz CT molecular complexity index is 1000. The molecule has 1 N–H and O–H groups in total. The molecule has 1 saturated carbocycles. The molecule has 2 aliphatic rings. The lowest BCUT2D eigenvalue weighted by atomic mass is 10.1. The first kappa shape index (κ1) is 21.9. The van der Waals surface area contributed by atoms with Crippen molar-refractivity contribution in [2.24, 2.45) is 11.8 Å². The molecule has 1 aliphatic carbocycles. The molecule has 0 aromatic heterocycles. The largest absolute Gasteiger partial charge is 0.496 e. The molecule has 1 aliphatic heterocycles. The fourth-order valence-electron chi connectivity index (χ4n) is 4.12. The first-order valence-electron chi connectivity index (χ1n) is 11.1. The summed E-state index contributed by atoms with van der Waals surface area (Å²) in [4.78, 5) is 41.7. The third-order valence-corrected chi connectivity index (χ3v) is 6.25. The number of benzene rings is 2. The van der Waals surface area contributed by atoms with E-state index in [1.807, 2.05) is 12.1 Å². The van der Waals surface area contributed by atoms with Crippen LogP contribution in [0.25, 0.3) is 0 Å². The van der Waals surface area contributed by atoms with E-state index in [1.165, 1.54) is 0 Å². The van der Waals surface area contributed by atoms with Gasteiger partial charge in [-0.2, -0.15) is 0 Å². The maximum absolute atomic E-state index is 13.0. The molecule has 0 radical (unpaired) electrons. The molecule has 3 amide bonds. The summed E-state index contributed by atoms with van der Waals surface area (Å²) >= 11 is 0. The number of amides is 3. The number of nitrogens with one attached hydrogen (secondary N) is 1. The predicted molar refractivity (Wildman–Crippen MR) is 122 cm³/mol. The molecule has 7 nitrogen and oxygen atoms in total. The summed E-state index contributed by atoms with van der Waals surface area (Å²) in [5.41, 5.74) is 1.82. The SMILES string of the molecule is COc1ccccc1C(=O)N1CCCN(C(=O)c2ccc(NC(=O)C3CC3C)cc2)CC1. The summed E-state index contributed by atoms with van der Waals surface area (Å²) in [7, 11) is 1.55. The number of carbonyl (C=O) groups excluding carboxylic acids is 3. The van der Waals surface area contributed by atoms with E-state index in [2.05, 4.69) is 12.2 Å². The second-order valence-corrected chi connectivity index (χ2v) is 8.52. The molecule has 0 spiro atoms. The van der Waals surface area contributed by atoms with Gasteiger partial charge in [0, 0.05) is 43.3 Å². The monoisotopic (exact) mass is 435 g/mol. The zero-order valence-corrected chi connectivity index (χ0v) is 18.5. The van der Waals surface area contributed by atoms with Crippen molar-refractivity contribution in [3.8, 4) is 5.75 Å². The van der Waals surface area contributed by atoms with E-state index in [0.717, 1.165) is 6.42 Å². The highest BCUT2D eigenvalue weighted by molar-refractivity contribution is 5.98. The lowest BCUT2D eigenvalue weighted by Gasteiger charge is -2.23. The van der Waals surface area contributed by atoms with E-state index in [0.29, 0.717) is 61.1 Å². The summed E-state index contributed by atoms with van der Waals surface area (Å²) in [6, 6.07) is 14.2. The minimum Gasteiger partial charge on any atom is -0.496 e. The molecule has 2 aromatic rings. The average molecular weight is 436 g/mol. The standard InChI is InChI=1S/C25H29N3O4/c1-17-16-21(17)23(29)26-19-10-8-18(9-11-19)24(30)27-12-5-13-28(15-14-27)25(31)20-6-3-4-7-22(20)32-2/h3-4,6-11,17,21H,5,12-16H2,1-2H3,(H,26,29). The summed E-state index contributed by atoms with van der Waals surface area (Å²) in [5, 5.41) is 2.91. The molecule has 0 bridgehead atoms. The van der Waals surface area contributed by atoms with E-state index in [4.69, 9.17) is 4.74 Å². The van der Waals surface area contributed by atoms with Crippen LogP contribution in [0.1, 0.15) is 40.5 Å². The molecule has 7 heteroatoms. The van der Waals surface area contributed by atoms with Crippen LogP contribution in [-0.2, 0) is 4.79 Å². The molecule has 2 fully saturated rings. The Labute approximate surface area is 188 Å². The molecule has 32 heavy (non-hydrogen) atoms. The number of hydrogen-bond donors (Lipinski definition) is 1. The fourth-order valence-corrected chi connectivity index (χ4v) is 4.12. The number of para-hydroxylation sites is 1. The van der Waals surface area contributed by atoms with Crippen molar-refractivity contribution in [2.45, 2.75) is 19.8 Å². The van der Waals surface area contributed by atoms with Crippen molar-refractivity contribution in [1.82, 2.24) is 9.80 Å². The van der Waals surface area contributed by atoms with Gasteiger partial charge >= 0.3 is 0 Å². The van der Waals surface area contributed by atoms with Gasteiger partial charge in [-0.1, -0.05) is 19.1 Å². The Morgan fingerprint density at radius 1 is 0.906 bits per heavy atom. The molecular formula is C25H29N3O4. The number of nitrogens with zero attached hydrogens (tertiary/aromatic N) is 2. The molecular weight excluding hydrogens is 406 g/mol. The number of rotatable bonds is 5. The van der Waals surface area contributed by atoms with E-state index in [9.17, 15) is 14.4 Å². The number of anilines is 1. The van der Waals surface area contributed by atoms with Gasteiger partial charge in [0.05, 0.1) is 12.7 Å². The highest BCUT2D eigenvalue weighted by Gasteiger charge is 2.39. The molecule has 4 rings (SSSR count). The van der Waals surface area contributed by atoms with Crippen molar-refractivity contribution in [3.05, 3.63) is 59.7 Å². The molecule has 2 unspecified atom stereocenters. The molecule has 2 atom stereocenters. The topological polar surface area (TPSA) is 79.0 Å². The Hall–Kier alpha value is -3.35. The Morgan fingerprint density at radius 2 is 1.53 bits per heavy atom. The van der Waals surface area contributed by atoms with Crippen molar-refractivity contribution < 1.29 is 19.1 Å². The Balaban J connectivity index is 1.36. The number of ether oxygens (including phenoxy) is 1. The fraction of sp³-hybridized carbons (Fsp3) is 0.400. The van der Waals surface area contributed by atoms with Crippen molar-refractivity contribution in [3.63, 3.8) is 0 Å². The van der Waals surface area contributed by atoms with Gasteiger partial charge in [0.2, 0.25) is 5.91 Å². The van der Waals surface area contributed by atoms with Gasteiger partial charge in [-0.3, -0.25) is 14.4 Å². The van der Waals surface area contributed by atoms with Crippen LogP contribution >= 0.6 is 0 Å². The molecule has 1 heterocycles. The van der Waals surface area contributed by atoms with Gasteiger partial charge in [-0.15, -0.1) is 0 Å². The zero-order valence-electron chi connectivity index (χ0n) is 18.5. The maximum Gasteiger partial charge on any atom is 0.257 e. The van der Waals surface area contributed by atoms with Gasteiger partial charge in [0.1, 0.15) is 5.75 Å². The molecule has 2 aromatic carbocycles. The van der Waals surface area contributed by atoms with Crippen LogP contribution in [0.5, 0.6) is 5.75 Å². The molecule has 1 saturated heterocycles. The lowest BCUT2D eigenvalue weighted by Crippen LogP contribution is -2.37. The van der Waals surface area contributed by atoms with Gasteiger partial charge < -0.3 is 19.9 Å². The van der Waals surface area contributed by atoms with Crippen LogP contribution in [0.2, 0.25) is 0 Å². The second kappa shape index (κ2) is 9.42. The van der Waals surface area contributed by atoms with Crippen LogP contribution in [0, 0.1) is 11.8 Å². The Kier molecular flexibility index (Phi) is 6.44. The summed E-state index contributed by atoms with van der Waals surface area (Å²) in [6.45, 7) is 4.18.